The molecule has 9 nitrogen and oxygen atoms in total. The molecular weight excluding hydrogens is 432 g/mol. The van der Waals surface area contributed by atoms with Crippen LogP contribution < -0.4 is 5.32 Å². The Morgan fingerprint density at radius 2 is 2.12 bits per heavy atom. The third kappa shape index (κ3) is 3.59. The SMILES string of the molecule is COC1(C(=O)N2Cc3c(N[C@H](C)c4cccc(C#N)c4C)nc4nccn4c3C2)CCOCC1. The van der Waals surface area contributed by atoms with Gasteiger partial charge in [0.1, 0.15) is 5.82 Å². The lowest BCUT2D eigenvalue weighted by molar-refractivity contribution is -0.167. The summed E-state index contributed by atoms with van der Waals surface area (Å²) in [6.07, 6.45) is 4.69. The number of methoxy groups -OCH3 is 1. The van der Waals surface area contributed by atoms with Crippen molar-refractivity contribution in [2.24, 2.45) is 0 Å². The maximum Gasteiger partial charge on any atom is 0.255 e. The predicted octanol–water partition coefficient (Wildman–Crippen LogP) is 3.12. The van der Waals surface area contributed by atoms with Crippen LogP contribution >= 0.6 is 0 Å². The van der Waals surface area contributed by atoms with Crippen molar-refractivity contribution in [2.75, 3.05) is 25.6 Å². The van der Waals surface area contributed by atoms with Crippen LogP contribution in [-0.2, 0) is 27.4 Å². The van der Waals surface area contributed by atoms with Crippen molar-refractivity contribution in [3.63, 3.8) is 0 Å². The van der Waals surface area contributed by atoms with Gasteiger partial charge in [-0.25, -0.2) is 4.98 Å². The summed E-state index contributed by atoms with van der Waals surface area (Å²) in [4.78, 5) is 24.6. The molecule has 176 valence electrons. The highest BCUT2D eigenvalue weighted by molar-refractivity contribution is 5.86. The van der Waals surface area contributed by atoms with E-state index in [0.29, 0.717) is 56.3 Å². The fraction of sp³-hybridized carbons (Fsp3) is 0.440. The van der Waals surface area contributed by atoms with Gasteiger partial charge in [-0.2, -0.15) is 10.2 Å². The molecule has 4 heterocycles. The largest absolute Gasteiger partial charge is 0.381 e. The van der Waals surface area contributed by atoms with Crippen molar-refractivity contribution < 1.29 is 14.3 Å². The summed E-state index contributed by atoms with van der Waals surface area (Å²) in [5.41, 5.74) is 3.75. The Bertz CT molecular complexity index is 1290. The molecule has 2 aliphatic heterocycles. The number of amides is 1. The molecule has 0 bridgehead atoms. The summed E-state index contributed by atoms with van der Waals surface area (Å²) >= 11 is 0. The van der Waals surface area contributed by atoms with E-state index in [1.54, 1.807) is 13.3 Å². The van der Waals surface area contributed by atoms with Gasteiger partial charge in [-0.05, 0) is 31.0 Å². The lowest BCUT2D eigenvalue weighted by Gasteiger charge is -2.37. The summed E-state index contributed by atoms with van der Waals surface area (Å²) in [5.74, 6) is 1.27. The molecule has 1 amide bonds. The van der Waals surface area contributed by atoms with Gasteiger partial charge in [0.05, 0.1) is 36.5 Å². The van der Waals surface area contributed by atoms with E-state index in [0.717, 1.165) is 22.4 Å². The van der Waals surface area contributed by atoms with Crippen LogP contribution in [0, 0.1) is 18.3 Å². The zero-order chi connectivity index (χ0) is 23.9. The van der Waals surface area contributed by atoms with E-state index >= 15 is 0 Å². The molecule has 3 aromatic rings. The Morgan fingerprint density at radius 3 is 2.85 bits per heavy atom. The van der Waals surface area contributed by atoms with E-state index in [1.807, 2.05) is 47.5 Å². The van der Waals surface area contributed by atoms with Gasteiger partial charge in [0, 0.05) is 51.1 Å². The lowest BCUT2D eigenvalue weighted by atomic mass is 9.92. The molecule has 5 rings (SSSR count). The van der Waals surface area contributed by atoms with Crippen molar-refractivity contribution in [1.29, 1.82) is 5.26 Å². The number of nitriles is 1. The Morgan fingerprint density at radius 1 is 1.32 bits per heavy atom. The number of anilines is 1. The Labute approximate surface area is 198 Å². The number of hydrogen-bond acceptors (Lipinski definition) is 7. The fourth-order valence-corrected chi connectivity index (χ4v) is 5.09. The number of imidazole rings is 1. The molecule has 1 saturated heterocycles. The van der Waals surface area contributed by atoms with Gasteiger partial charge >= 0.3 is 0 Å². The monoisotopic (exact) mass is 460 g/mol. The molecule has 34 heavy (non-hydrogen) atoms. The molecule has 1 atom stereocenters. The molecule has 2 aliphatic rings. The summed E-state index contributed by atoms with van der Waals surface area (Å²) in [7, 11) is 1.61. The van der Waals surface area contributed by atoms with E-state index < -0.39 is 5.60 Å². The van der Waals surface area contributed by atoms with E-state index in [4.69, 9.17) is 14.5 Å². The average molecular weight is 461 g/mol. The summed E-state index contributed by atoms with van der Waals surface area (Å²) in [6, 6.07) is 7.90. The second-order valence-electron chi connectivity index (χ2n) is 8.95. The number of benzene rings is 1. The van der Waals surface area contributed by atoms with Crippen molar-refractivity contribution in [1.82, 2.24) is 19.3 Å². The van der Waals surface area contributed by atoms with Gasteiger partial charge in [0.2, 0.25) is 5.78 Å². The maximum absolute atomic E-state index is 13.6. The number of fused-ring (bicyclic) bond motifs is 3. The molecule has 0 unspecified atom stereocenters. The fourth-order valence-electron chi connectivity index (χ4n) is 5.09. The van der Waals surface area contributed by atoms with Crippen molar-refractivity contribution in [2.45, 2.75) is 51.4 Å². The molecule has 1 aromatic carbocycles. The number of carbonyl (C=O) groups is 1. The smallest absolute Gasteiger partial charge is 0.255 e. The minimum absolute atomic E-state index is 0.0145. The van der Waals surface area contributed by atoms with E-state index in [9.17, 15) is 10.1 Å². The van der Waals surface area contributed by atoms with Crippen molar-refractivity contribution >= 4 is 17.5 Å². The number of ether oxygens (including phenoxy) is 2. The Kier molecular flexibility index (Phi) is 5.71. The van der Waals surface area contributed by atoms with Gasteiger partial charge in [-0.3, -0.25) is 9.20 Å². The first-order valence-corrected chi connectivity index (χ1v) is 11.5. The molecular formula is C25H28N6O3. The highest BCUT2D eigenvalue weighted by Gasteiger charge is 2.45. The van der Waals surface area contributed by atoms with Gasteiger partial charge in [0.25, 0.3) is 5.91 Å². The summed E-state index contributed by atoms with van der Waals surface area (Å²) in [5, 5.41) is 12.9. The predicted molar refractivity (Wildman–Crippen MR) is 125 cm³/mol. The van der Waals surface area contributed by atoms with Crippen LogP contribution in [0.15, 0.2) is 30.6 Å². The molecule has 0 saturated carbocycles. The molecule has 1 fully saturated rings. The first-order chi connectivity index (χ1) is 16.5. The number of hydrogen-bond donors (Lipinski definition) is 1. The van der Waals surface area contributed by atoms with Crippen LogP contribution in [0.3, 0.4) is 0 Å². The van der Waals surface area contributed by atoms with Crippen molar-refractivity contribution in [3.05, 3.63) is 58.5 Å². The zero-order valence-corrected chi connectivity index (χ0v) is 19.7. The number of nitrogens with one attached hydrogen (secondary N) is 1. The van der Waals surface area contributed by atoms with Gasteiger partial charge in [-0.15, -0.1) is 0 Å². The van der Waals surface area contributed by atoms with Crippen LogP contribution in [0.25, 0.3) is 5.78 Å². The number of nitrogens with zero attached hydrogens (tertiary/aromatic N) is 5. The van der Waals surface area contributed by atoms with E-state index in [1.165, 1.54) is 0 Å². The van der Waals surface area contributed by atoms with Gasteiger partial charge < -0.3 is 19.7 Å². The summed E-state index contributed by atoms with van der Waals surface area (Å²) in [6.45, 7) is 5.93. The van der Waals surface area contributed by atoms with Crippen LogP contribution in [-0.4, -0.2) is 51.1 Å². The number of carbonyl (C=O) groups excluding carboxylic acids is 1. The van der Waals surface area contributed by atoms with Crippen LogP contribution in [0.5, 0.6) is 0 Å². The molecule has 0 spiro atoms. The Hall–Kier alpha value is -3.48. The van der Waals surface area contributed by atoms with E-state index in [-0.39, 0.29) is 11.9 Å². The Balaban J connectivity index is 1.48. The highest BCUT2D eigenvalue weighted by atomic mass is 16.5. The standard InChI is InChI=1S/C25H28N6O3/c1-16-18(13-26)5-4-6-19(16)17(2)28-22-20-14-30(15-21(20)31-10-9-27-24(31)29-22)23(32)25(33-3)7-11-34-12-8-25/h4-6,9-10,17H,7-8,11-12,14-15H2,1-3H3,(H,27,28,29)/t17-/m1/s1. The van der Waals surface area contributed by atoms with Gasteiger partial charge in [-0.1, -0.05) is 12.1 Å². The van der Waals surface area contributed by atoms with E-state index in [2.05, 4.69) is 16.4 Å². The molecule has 2 aromatic heterocycles. The quantitative estimate of drug-likeness (QED) is 0.624. The minimum Gasteiger partial charge on any atom is -0.381 e. The van der Waals surface area contributed by atoms with Crippen LogP contribution in [0.1, 0.15) is 53.8 Å². The second-order valence-corrected chi connectivity index (χ2v) is 8.95. The van der Waals surface area contributed by atoms with Crippen LogP contribution in [0.4, 0.5) is 5.82 Å². The number of rotatable bonds is 5. The normalized spacial score (nSPS) is 17.9. The second kappa shape index (κ2) is 8.70. The first-order valence-electron chi connectivity index (χ1n) is 11.5. The maximum atomic E-state index is 13.6. The summed E-state index contributed by atoms with van der Waals surface area (Å²) < 4.78 is 13.2. The zero-order valence-electron chi connectivity index (χ0n) is 19.7. The third-order valence-corrected chi connectivity index (χ3v) is 7.13. The minimum atomic E-state index is -0.850. The highest BCUT2D eigenvalue weighted by Crippen LogP contribution is 2.35. The lowest BCUT2D eigenvalue weighted by Crippen LogP contribution is -2.51. The molecule has 0 aliphatic carbocycles. The molecule has 1 N–H and O–H groups in total. The first kappa shape index (κ1) is 22.3. The third-order valence-electron chi connectivity index (χ3n) is 7.13. The topological polar surface area (TPSA) is 105 Å². The molecule has 0 radical (unpaired) electrons. The number of aromatic nitrogens is 3. The molecule has 9 heteroatoms. The van der Waals surface area contributed by atoms with Crippen LogP contribution in [0.2, 0.25) is 0 Å². The average Bonchev–Trinajstić information content (AvgIpc) is 3.51. The van der Waals surface area contributed by atoms with Gasteiger partial charge in [0.15, 0.2) is 5.60 Å². The van der Waals surface area contributed by atoms with Crippen molar-refractivity contribution in [3.8, 4) is 6.07 Å².